The first-order chi connectivity index (χ1) is 15.2. The summed E-state index contributed by atoms with van der Waals surface area (Å²) in [5, 5.41) is 0. The largest absolute Gasteiger partial charge is 0.473 e. The van der Waals surface area contributed by atoms with Crippen molar-refractivity contribution in [3.63, 3.8) is 0 Å². The Balaban J connectivity index is 1.62. The van der Waals surface area contributed by atoms with E-state index in [4.69, 9.17) is 15.2 Å². The van der Waals surface area contributed by atoms with Gasteiger partial charge in [0.05, 0.1) is 0 Å². The van der Waals surface area contributed by atoms with E-state index < -0.39 is 0 Å². The Kier molecular flexibility index (Phi) is 6.60. The summed E-state index contributed by atoms with van der Waals surface area (Å²) in [6, 6.07) is 30.2. The molecule has 0 unspecified atom stereocenters. The zero-order valence-corrected chi connectivity index (χ0v) is 17.6. The van der Waals surface area contributed by atoms with Gasteiger partial charge in [0.15, 0.2) is 0 Å². The molecule has 0 aliphatic heterocycles. The fraction of sp³-hybridized carbons (Fsp3) is 0.148. The molecule has 0 spiro atoms. The molecule has 4 nitrogen and oxygen atoms in total. The molecule has 2 N–H and O–H groups in total. The second-order valence-corrected chi connectivity index (χ2v) is 7.40. The van der Waals surface area contributed by atoms with Crippen LogP contribution in [0.4, 0.5) is 0 Å². The number of hydrogen-bond acceptors (Lipinski definition) is 4. The molecular formula is C27H26N2O2. The third-order valence-corrected chi connectivity index (χ3v) is 5.16. The zero-order chi connectivity index (χ0) is 21.5. The van der Waals surface area contributed by atoms with Gasteiger partial charge < -0.3 is 15.2 Å². The van der Waals surface area contributed by atoms with E-state index in [1.54, 1.807) is 0 Å². The van der Waals surface area contributed by atoms with Crippen molar-refractivity contribution in [2.45, 2.75) is 26.7 Å². The molecule has 31 heavy (non-hydrogen) atoms. The molecule has 3 aromatic carbocycles. The number of nitrogens with zero attached hydrogens (tertiary/aromatic N) is 1. The number of rotatable bonds is 8. The molecule has 0 fully saturated rings. The van der Waals surface area contributed by atoms with Crippen molar-refractivity contribution in [2.24, 2.45) is 5.73 Å². The quantitative estimate of drug-likeness (QED) is 0.406. The Labute approximate surface area is 183 Å². The maximum atomic E-state index is 6.15. The molecule has 156 valence electrons. The monoisotopic (exact) mass is 410 g/mol. The fourth-order valence-electron chi connectivity index (χ4n) is 3.35. The van der Waals surface area contributed by atoms with Gasteiger partial charge >= 0.3 is 0 Å². The van der Waals surface area contributed by atoms with E-state index >= 15 is 0 Å². The number of nitrogens with two attached hydrogens (primary N) is 1. The average molecular weight is 411 g/mol. The summed E-state index contributed by atoms with van der Waals surface area (Å²) in [5.41, 5.74) is 12.3. The summed E-state index contributed by atoms with van der Waals surface area (Å²) < 4.78 is 12.1. The predicted molar refractivity (Wildman–Crippen MR) is 124 cm³/mol. The van der Waals surface area contributed by atoms with Gasteiger partial charge in [-0.25, -0.2) is 0 Å². The van der Waals surface area contributed by atoms with Crippen molar-refractivity contribution in [3.8, 4) is 22.9 Å². The van der Waals surface area contributed by atoms with E-state index in [9.17, 15) is 0 Å². The van der Waals surface area contributed by atoms with E-state index in [0.717, 1.165) is 27.8 Å². The minimum atomic E-state index is 0.429. The molecule has 4 heteroatoms. The van der Waals surface area contributed by atoms with Crippen LogP contribution >= 0.6 is 0 Å². The molecule has 0 radical (unpaired) electrons. The van der Waals surface area contributed by atoms with Crippen LogP contribution in [0.15, 0.2) is 91.0 Å². The summed E-state index contributed by atoms with van der Waals surface area (Å²) in [4.78, 5) is 4.68. The van der Waals surface area contributed by atoms with Gasteiger partial charge in [0, 0.05) is 18.2 Å². The van der Waals surface area contributed by atoms with Crippen molar-refractivity contribution in [2.75, 3.05) is 0 Å². The lowest BCUT2D eigenvalue weighted by Crippen LogP contribution is -2.03. The van der Waals surface area contributed by atoms with Gasteiger partial charge in [-0.15, -0.1) is 0 Å². The van der Waals surface area contributed by atoms with Gasteiger partial charge in [0.2, 0.25) is 11.8 Å². The molecule has 0 bridgehead atoms. The van der Waals surface area contributed by atoms with Crippen LogP contribution in [-0.2, 0) is 19.8 Å². The summed E-state index contributed by atoms with van der Waals surface area (Å²) >= 11 is 0. The zero-order valence-electron chi connectivity index (χ0n) is 17.6. The maximum Gasteiger partial charge on any atom is 0.225 e. The molecule has 4 aromatic rings. The highest BCUT2D eigenvalue weighted by atomic mass is 16.5. The normalized spacial score (nSPS) is 10.6. The molecule has 0 atom stereocenters. The Morgan fingerprint density at radius 3 is 2.03 bits per heavy atom. The number of benzene rings is 3. The molecule has 0 amide bonds. The summed E-state index contributed by atoms with van der Waals surface area (Å²) in [7, 11) is 0. The number of pyridine rings is 1. The molecule has 0 saturated carbocycles. The lowest BCUT2D eigenvalue weighted by Gasteiger charge is -2.14. The van der Waals surface area contributed by atoms with Gasteiger partial charge in [0.1, 0.15) is 13.2 Å². The second kappa shape index (κ2) is 9.92. The highest BCUT2D eigenvalue weighted by Crippen LogP contribution is 2.32. The highest BCUT2D eigenvalue weighted by molar-refractivity contribution is 5.70. The molecule has 4 rings (SSSR count). The van der Waals surface area contributed by atoms with Crippen LogP contribution in [0.3, 0.4) is 0 Å². The van der Waals surface area contributed by atoms with Crippen LogP contribution < -0.4 is 15.2 Å². The van der Waals surface area contributed by atoms with Gasteiger partial charge in [0.25, 0.3) is 0 Å². The summed E-state index contributed by atoms with van der Waals surface area (Å²) in [5.74, 6) is 1.07. The van der Waals surface area contributed by atoms with E-state index in [2.05, 4.69) is 30.1 Å². The standard InChI is InChI=1S/C27H26N2O2/c1-20-12-13-23(16-24(20)17-28)25-14-15-26(30-18-21-8-4-2-5-9-21)29-27(25)31-19-22-10-6-3-7-11-22/h2-16H,17-19,28H2,1H3. The number of aryl methyl sites for hydroxylation is 1. The molecule has 0 aliphatic carbocycles. The Hall–Kier alpha value is -3.63. The van der Waals surface area contributed by atoms with Crippen molar-refractivity contribution in [1.29, 1.82) is 0 Å². The number of aromatic nitrogens is 1. The molecular weight excluding hydrogens is 384 g/mol. The van der Waals surface area contributed by atoms with Gasteiger partial charge in [-0.2, -0.15) is 4.98 Å². The summed E-state index contributed by atoms with van der Waals surface area (Å²) in [6.07, 6.45) is 0. The van der Waals surface area contributed by atoms with Gasteiger partial charge in [-0.3, -0.25) is 0 Å². The van der Waals surface area contributed by atoms with Crippen LogP contribution in [0.25, 0.3) is 11.1 Å². The first-order valence-electron chi connectivity index (χ1n) is 10.4. The molecule has 0 aliphatic rings. The van der Waals surface area contributed by atoms with Gasteiger partial charge in [-0.05, 0) is 46.9 Å². The Bertz CT molecular complexity index is 1130. The first-order valence-corrected chi connectivity index (χ1v) is 10.4. The molecule has 1 heterocycles. The third kappa shape index (κ3) is 5.30. The topological polar surface area (TPSA) is 57.4 Å². The minimum absolute atomic E-state index is 0.429. The van der Waals surface area contributed by atoms with Crippen LogP contribution in [0.5, 0.6) is 11.8 Å². The van der Waals surface area contributed by atoms with E-state index in [1.165, 1.54) is 5.56 Å². The highest BCUT2D eigenvalue weighted by Gasteiger charge is 2.12. The second-order valence-electron chi connectivity index (χ2n) is 7.40. The van der Waals surface area contributed by atoms with Crippen molar-refractivity contribution < 1.29 is 9.47 Å². The van der Waals surface area contributed by atoms with Crippen molar-refractivity contribution in [3.05, 3.63) is 113 Å². The van der Waals surface area contributed by atoms with E-state index in [0.29, 0.717) is 31.5 Å². The first kappa shape index (κ1) is 20.6. The Morgan fingerprint density at radius 1 is 0.742 bits per heavy atom. The lowest BCUT2D eigenvalue weighted by atomic mass is 10.0. The van der Waals surface area contributed by atoms with Crippen LogP contribution in [0.1, 0.15) is 22.3 Å². The SMILES string of the molecule is Cc1ccc(-c2ccc(OCc3ccccc3)nc2OCc2ccccc2)cc1CN. The maximum absolute atomic E-state index is 6.15. The van der Waals surface area contributed by atoms with Crippen LogP contribution in [-0.4, -0.2) is 4.98 Å². The Morgan fingerprint density at radius 2 is 1.39 bits per heavy atom. The van der Waals surface area contributed by atoms with Crippen molar-refractivity contribution in [1.82, 2.24) is 4.98 Å². The van der Waals surface area contributed by atoms with Gasteiger partial charge in [-0.1, -0.05) is 72.8 Å². The summed E-state index contributed by atoms with van der Waals surface area (Å²) in [6.45, 7) is 3.44. The number of hydrogen-bond donors (Lipinski definition) is 1. The molecule has 1 aromatic heterocycles. The number of ether oxygens (including phenoxy) is 2. The predicted octanol–water partition coefficient (Wildman–Crippen LogP) is 5.67. The smallest absolute Gasteiger partial charge is 0.225 e. The lowest BCUT2D eigenvalue weighted by molar-refractivity contribution is 0.268. The van der Waals surface area contributed by atoms with E-state index in [1.807, 2.05) is 72.8 Å². The van der Waals surface area contributed by atoms with Crippen LogP contribution in [0.2, 0.25) is 0 Å². The average Bonchev–Trinajstić information content (AvgIpc) is 2.83. The van der Waals surface area contributed by atoms with Crippen LogP contribution in [0, 0.1) is 6.92 Å². The minimum Gasteiger partial charge on any atom is -0.473 e. The van der Waals surface area contributed by atoms with Crippen molar-refractivity contribution >= 4 is 0 Å². The molecule has 0 saturated heterocycles. The fourth-order valence-corrected chi connectivity index (χ4v) is 3.35. The third-order valence-electron chi connectivity index (χ3n) is 5.16. The van der Waals surface area contributed by atoms with E-state index in [-0.39, 0.29) is 0 Å².